The second kappa shape index (κ2) is 7.43. The summed E-state index contributed by atoms with van der Waals surface area (Å²) in [5, 5.41) is 14.0. The molecule has 1 aliphatic rings. The minimum absolute atomic E-state index is 0.0310. The minimum atomic E-state index is -0.774. The molecule has 0 aromatic heterocycles. The number of nitro benzene ring substituents is 1. The van der Waals surface area contributed by atoms with Crippen LogP contribution in [0.15, 0.2) is 48.0 Å². The lowest BCUT2D eigenvalue weighted by Gasteiger charge is -2.28. The molecule has 0 bridgehead atoms. The molecule has 1 saturated heterocycles. The number of amides is 2. The number of carbonyl (C=O) groups excluding carboxylic acids is 2. The average molecular weight is 422 g/mol. The van der Waals surface area contributed by atoms with Crippen LogP contribution in [-0.2, 0) is 9.59 Å². The van der Waals surface area contributed by atoms with E-state index in [0.29, 0.717) is 10.7 Å². The standard InChI is InChI=1S/C17H9Cl2N3O4S/c18-9-4-6-10(7-5-9)21-16(24)12(15(23)20-17(21)27)8-11-13(19)2-1-3-14(11)22(25)26/h1-8H,(H,20,23,27). The molecule has 136 valence electrons. The smallest absolute Gasteiger partial charge is 0.278 e. The number of carbonyl (C=O) groups is 2. The Hall–Kier alpha value is -2.81. The third kappa shape index (κ3) is 3.68. The summed E-state index contributed by atoms with van der Waals surface area (Å²) in [5.41, 5.74) is -0.336. The number of thiocarbonyl (C=S) groups is 1. The quantitative estimate of drug-likeness (QED) is 0.268. The van der Waals surface area contributed by atoms with Crippen LogP contribution in [0, 0.1) is 10.1 Å². The zero-order valence-electron chi connectivity index (χ0n) is 13.3. The van der Waals surface area contributed by atoms with Crippen LogP contribution in [0.25, 0.3) is 6.08 Å². The van der Waals surface area contributed by atoms with Crippen molar-refractivity contribution in [3.8, 4) is 0 Å². The molecule has 0 aliphatic carbocycles. The molecule has 2 amide bonds. The molecule has 1 aliphatic heterocycles. The fraction of sp³-hybridized carbons (Fsp3) is 0. The normalized spacial score (nSPS) is 15.9. The number of nitro groups is 1. The highest BCUT2D eigenvalue weighted by atomic mass is 35.5. The second-order valence-corrected chi connectivity index (χ2v) is 6.59. The summed E-state index contributed by atoms with van der Waals surface area (Å²) in [6.07, 6.45) is 1.09. The van der Waals surface area contributed by atoms with E-state index in [1.54, 1.807) is 24.3 Å². The van der Waals surface area contributed by atoms with Gasteiger partial charge in [0.15, 0.2) is 5.11 Å². The molecule has 1 N–H and O–H groups in total. The number of rotatable bonds is 3. The van der Waals surface area contributed by atoms with Gasteiger partial charge in [-0.3, -0.25) is 29.9 Å². The Balaban J connectivity index is 2.11. The number of hydrogen-bond acceptors (Lipinski definition) is 5. The molecule has 3 rings (SSSR count). The van der Waals surface area contributed by atoms with E-state index in [1.807, 2.05) is 0 Å². The van der Waals surface area contributed by atoms with Crippen molar-refractivity contribution in [2.75, 3.05) is 4.90 Å². The summed E-state index contributed by atoms with van der Waals surface area (Å²) in [6.45, 7) is 0. The van der Waals surface area contributed by atoms with Crippen LogP contribution in [-0.4, -0.2) is 21.9 Å². The monoisotopic (exact) mass is 421 g/mol. The lowest BCUT2D eigenvalue weighted by Crippen LogP contribution is -2.54. The van der Waals surface area contributed by atoms with Gasteiger partial charge in [0.25, 0.3) is 17.5 Å². The molecule has 2 aromatic rings. The molecule has 10 heteroatoms. The summed E-state index contributed by atoms with van der Waals surface area (Å²) < 4.78 is 0. The Morgan fingerprint density at radius 2 is 1.78 bits per heavy atom. The first-order valence-corrected chi connectivity index (χ1v) is 8.56. The van der Waals surface area contributed by atoms with Crippen molar-refractivity contribution in [1.82, 2.24) is 5.32 Å². The average Bonchev–Trinajstić information content (AvgIpc) is 2.61. The van der Waals surface area contributed by atoms with Crippen LogP contribution >= 0.6 is 35.4 Å². The van der Waals surface area contributed by atoms with E-state index in [2.05, 4.69) is 5.32 Å². The summed E-state index contributed by atoms with van der Waals surface area (Å²) in [7, 11) is 0. The van der Waals surface area contributed by atoms with Gasteiger partial charge in [0.05, 0.1) is 21.2 Å². The molecule has 0 spiro atoms. The number of halogens is 2. The molecule has 0 saturated carbocycles. The zero-order valence-corrected chi connectivity index (χ0v) is 15.6. The highest BCUT2D eigenvalue weighted by Crippen LogP contribution is 2.30. The molecular formula is C17H9Cl2N3O4S. The number of anilines is 1. The fourth-order valence-electron chi connectivity index (χ4n) is 2.45. The van der Waals surface area contributed by atoms with E-state index in [-0.39, 0.29) is 27.0 Å². The third-order valence-corrected chi connectivity index (χ3v) is 4.57. The number of benzene rings is 2. The molecule has 7 nitrogen and oxygen atoms in total. The Bertz CT molecular complexity index is 1020. The number of nitrogens with zero attached hydrogens (tertiary/aromatic N) is 2. The van der Waals surface area contributed by atoms with Gasteiger partial charge in [-0.25, -0.2) is 0 Å². The van der Waals surface area contributed by atoms with Crippen molar-refractivity contribution in [1.29, 1.82) is 0 Å². The molecule has 0 atom stereocenters. The highest BCUT2D eigenvalue weighted by Gasteiger charge is 2.35. The van der Waals surface area contributed by atoms with Gasteiger partial charge in [-0.05, 0) is 48.6 Å². The first kappa shape index (κ1) is 19.0. The molecule has 2 aromatic carbocycles. The Labute approximate surface area is 168 Å². The summed E-state index contributed by atoms with van der Waals surface area (Å²) in [6, 6.07) is 10.3. The number of nitrogens with one attached hydrogen (secondary N) is 1. The van der Waals surface area contributed by atoms with E-state index in [1.165, 1.54) is 18.2 Å². The first-order valence-electron chi connectivity index (χ1n) is 7.39. The van der Waals surface area contributed by atoms with Crippen molar-refractivity contribution in [3.63, 3.8) is 0 Å². The summed E-state index contributed by atoms with van der Waals surface area (Å²) in [5.74, 6) is -1.51. The maximum Gasteiger partial charge on any atom is 0.278 e. The van der Waals surface area contributed by atoms with Gasteiger partial charge in [0.1, 0.15) is 5.57 Å². The largest absolute Gasteiger partial charge is 0.298 e. The van der Waals surface area contributed by atoms with Gasteiger partial charge >= 0.3 is 0 Å². The van der Waals surface area contributed by atoms with Crippen LogP contribution < -0.4 is 10.2 Å². The Morgan fingerprint density at radius 3 is 2.41 bits per heavy atom. The third-order valence-electron chi connectivity index (χ3n) is 3.70. The Morgan fingerprint density at radius 1 is 1.11 bits per heavy atom. The van der Waals surface area contributed by atoms with Crippen molar-refractivity contribution < 1.29 is 14.5 Å². The lowest BCUT2D eigenvalue weighted by molar-refractivity contribution is -0.385. The van der Waals surface area contributed by atoms with Crippen LogP contribution in [0.1, 0.15) is 5.56 Å². The van der Waals surface area contributed by atoms with Gasteiger partial charge < -0.3 is 0 Å². The van der Waals surface area contributed by atoms with Crippen LogP contribution in [0.5, 0.6) is 0 Å². The van der Waals surface area contributed by atoms with Gasteiger partial charge in [0.2, 0.25) is 0 Å². The first-order chi connectivity index (χ1) is 12.8. The van der Waals surface area contributed by atoms with Crippen LogP contribution in [0.2, 0.25) is 10.0 Å². The maximum absolute atomic E-state index is 12.9. The zero-order chi connectivity index (χ0) is 19.7. The molecule has 1 heterocycles. The summed E-state index contributed by atoms with van der Waals surface area (Å²) >= 11 is 17.0. The highest BCUT2D eigenvalue weighted by molar-refractivity contribution is 7.80. The fourth-order valence-corrected chi connectivity index (χ4v) is 3.09. The predicted octanol–water partition coefficient (Wildman–Crippen LogP) is 3.73. The van der Waals surface area contributed by atoms with Crippen LogP contribution in [0.3, 0.4) is 0 Å². The van der Waals surface area contributed by atoms with E-state index < -0.39 is 16.7 Å². The van der Waals surface area contributed by atoms with Crippen molar-refractivity contribution >= 4 is 69.8 Å². The van der Waals surface area contributed by atoms with Gasteiger partial charge in [-0.15, -0.1) is 0 Å². The Kier molecular flexibility index (Phi) is 5.22. The van der Waals surface area contributed by atoms with Crippen molar-refractivity contribution in [3.05, 3.63) is 73.8 Å². The van der Waals surface area contributed by atoms with Gasteiger partial charge in [-0.1, -0.05) is 29.3 Å². The molecule has 0 unspecified atom stereocenters. The van der Waals surface area contributed by atoms with Gasteiger partial charge in [-0.2, -0.15) is 0 Å². The van der Waals surface area contributed by atoms with Crippen LogP contribution in [0.4, 0.5) is 11.4 Å². The molecular weight excluding hydrogens is 413 g/mol. The van der Waals surface area contributed by atoms with Gasteiger partial charge in [0, 0.05) is 11.1 Å². The molecule has 27 heavy (non-hydrogen) atoms. The summed E-state index contributed by atoms with van der Waals surface area (Å²) in [4.78, 5) is 36.9. The van der Waals surface area contributed by atoms with Crippen molar-refractivity contribution in [2.24, 2.45) is 0 Å². The van der Waals surface area contributed by atoms with E-state index in [4.69, 9.17) is 35.4 Å². The van der Waals surface area contributed by atoms with E-state index in [9.17, 15) is 19.7 Å². The van der Waals surface area contributed by atoms with Crippen molar-refractivity contribution in [2.45, 2.75) is 0 Å². The predicted molar refractivity (Wildman–Crippen MR) is 106 cm³/mol. The maximum atomic E-state index is 12.9. The molecule has 0 radical (unpaired) electrons. The SMILES string of the molecule is O=C1NC(=S)N(c2ccc(Cl)cc2)C(=O)C1=Cc1c(Cl)cccc1[N+](=O)[O-]. The topological polar surface area (TPSA) is 92.6 Å². The number of hydrogen-bond donors (Lipinski definition) is 1. The van der Waals surface area contributed by atoms with E-state index >= 15 is 0 Å². The van der Waals surface area contributed by atoms with E-state index in [0.717, 1.165) is 11.0 Å². The molecule has 1 fully saturated rings. The lowest BCUT2D eigenvalue weighted by atomic mass is 10.1. The minimum Gasteiger partial charge on any atom is -0.298 e. The second-order valence-electron chi connectivity index (χ2n) is 5.36.